The van der Waals surface area contributed by atoms with Crippen LogP contribution in [-0.4, -0.2) is 92.8 Å². The van der Waals surface area contributed by atoms with Crippen LogP contribution in [0, 0.1) is 0 Å². The van der Waals surface area contributed by atoms with E-state index in [1.807, 2.05) is 4.90 Å². The van der Waals surface area contributed by atoms with Gasteiger partial charge in [0.1, 0.15) is 11.5 Å². The molecule has 4 amide bonds. The number of likely N-dealkylation sites (N-methyl/N-ethyl adjacent to an activating group) is 1. The van der Waals surface area contributed by atoms with Gasteiger partial charge in [-0.25, -0.2) is 14.4 Å². The van der Waals surface area contributed by atoms with Gasteiger partial charge in [0.2, 0.25) is 0 Å². The maximum Gasteiger partial charge on any atom is 0.416 e. The molecule has 14 heteroatoms. The monoisotopic (exact) mass is 619 g/mol. The van der Waals surface area contributed by atoms with Crippen molar-refractivity contribution in [1.29, 1.82) is 0 Å². The zero-order chi connectivity index (χ0) is 32.0. The van der Waals surface area contributed by atoms with Gasteiger partial charge in [-0.15, -0.1) is 0 Å². The number of nitrogens with one attached hydrogen (secondary N) is 2. The van der Waals surface area contributed by atoms with E-state index in [2.05, 4.69) is 10.6 Å². The SMILES string of the molecule is CCOC(=O)C1=C(CN2CCN(C(=O)Nc3ccc(C(F)(F)F)cc3)CC2)N(CC)C(=O)NC1c1cc(OC)ccc1OC. The van der Waals surface area contributed by atoms with E-state index in [-0.39, 0.29) is 30.4 Å². The molecule has 2 aliphatic rings. The predicted octanol–water partition coefficient (Wildman–Crippen LogP) is 4.48. The number of methoxy groups -OCH3 is 2. The lowest BCUT2D eigenvalue weighted by molar-refractivity contribution is -0.139. The Morgan fingerprint density at radius 1 is 1.00 bits per heavy atom. The molecule has 2 N–H and O–H groups in total. The molecular formula is C30H36F3N5O6. The highest BCUT2D eigenvalue weighted by molar-refractivity contribution is 5.95. The average Bonchev–Trinajstić information content (AvgIpc) is 3.00. The van der Waals surface area contributed by atoms with Crippen LogP contribution in [0.2, 0.25) is 0 Å². The number of esters is 1. The normalized spacial score (nSPS) is 17.7. The van der Waals surface area contributed by atoms with Crippen molar-refractivity contribution in [1.82, 2.24) is 20.0 Å². The molecule has 44 heavy (non-hydrogen) atoms. The predicted molar refractivity (Wildman–Crippen MR) is 155 cm³/mol. The van der Waals surface area contributed by atoms with Crippen molar-refractivity contribution in [3.63, 3.8) is 0 Å². The number of anilines is 1. The van der Waals surface area contributed by atoms with Gasteiger partial charge in [0, 0.05) is 56.2 Å². The number of hydrogen-bond acceptors (Lipinski definition) is 7. The van der Waals surface area contributed by atoms with Crippen LogP contribution in [-0.2, 0) is 15.7 Å². The highest BCUT2D eigenvalue weighted by Crippen LogP contribution is 2.38. The van der Waals surface area contributed by atoms with Crippen LogP contribution >= 0.6 is 0 Å². The molecule has 11 nitrogen and oxygen atoms in total. The topological polar surface area (TPSA) is 113 Å². The van der Waals surface area contributed by atoms with E-state index in [4.69, 9.17) is 14.2 Å². The van der Waals surface area contributed by atoms with E-state index in [9.17, 15) is 27.6 Å². The lowest BCUT2D eigenvalue weighted by atomic mass is 9.93. The van der Waals surface area contributed by atoms with Gasteiger partial charge in [0.15, 0.2) is 0 Å². The maximum absolute atomic E-state index is 13.5. The third-order valence-corrected chi connectivity index (χ3v) is 7.49. The number of carbonyl (C=O) groups is 3. The summed E-state index contributed by atoms with van der Waals surface area (Å²) in [6.45, 7) is 5.64. The first-order valence-electron chi connectivity index (χ1n) is 14.2. The molecule has 0 saturated carbocycles. The van der Waals surface area contributed by atoms with Gasteiger partial charge in [0.05, 0.1) is 38.0 Å². The van der Waals surface area contributed by atoms with Gasteiger partial charge in [-0.05, 0) is 56.3 Å². The third-order valence-electron chi connectivity index (χ3n) is 7.49. The van der Waals surface area contributed by atoms with Crippen molar-refractivity contribution in [3.8, 4) is 11.5 Å². The van der Waals surface area contributed by atoms with Gasteiger partial charge in [-0.3, -0.25) is 9.80 Å². The lowest BCUT2D eigenvalue weighted by Gasteiger charge is -2.40. The second-order valence-corrected chi connectivity index (χ2v) is 10.1. The Labute approximate surface area is 253 Å². The molecule has 1 fully saturated rings. The van der Waals surface area contributed by atoms with Crippen LogP contribution in [0.3, 0.4) is 0 Å². The van der Waals surface area contributed by atoms with Crippen molar-refractivity contribution in [2.75, 3.05) is 65.4 Å². The third kappa shape index (κ3) is 7.18. The number of rotatable bonds is 9. The molecule has 2 aromatic rings. The highest BCUT2D eigenvalue weighted by atomic mass is 19.4. The summed E-state index contributed by atoms with van der Waals surface area (Å²) in [6, 6.07) is 7.66. The fourth-order valence-corrected chi connectivity index (χ4v) is 5.22. The molecule has 238 valence electrons. The number of urea groups is 2. The van der Waals surface area contributed by atoms with Crippen molar-refractivity contribution < 1.29 is 41.8 Å². The number of carbonyl (C=O) groups excluding carboxylic acids is 3. The number of benzene rings is 2. The molecule has 2 aromatic carbocycles. The number of alkyl halides is 3. The Balaban J connectivity index is 1.55. The minimum atomic E-state index is -4.46. The molecule has 2 aliphatic heterocycles. The van der Waals surface area contributed by atoms with Gasteiger partial charge in [-0.2, -0.15) is 13.2 Å². The van der Waals surface area contributed by atoms with Crippen LogP contribution in [0.5, 0.6) is 11.5 Å². The Hall–Kier alpha value is -4.46. The van der Waals surface area contributed by atoms with Gasteiger partial charge in [-0.1, -0.05) is 0 Å². The Morgan fingerprint density at radius 3 is 2.25 bits per heavy atom. The summed E-state index contributed by atoms with van der Waals surface area (Å²) in [6.07, 6.45) is -4.46. The van der Waals surface area contributed by atoms with Crippen LogP contribution in [0.15, 0.2) is 53.7 Å². The molecule has 0 aromatic heterocycles. The summed E-state index contributed by atoms with van der Waals surface area (Å²) in [7, 11) is 3.01. The van der Waals surface area contributed by atoms with Gasteiger partial charge >= 0.3 is 24.2 Å². The van der Waals surface area contributed by atoms with E-state index < -0.39 is 29.8 Å². The largest absolute Gasteiger partial charge is 0.497 e. The lowest BCUT2D eigenvalue weighted by Crippen LogP contribution is -2.54. The molecule has 0 radical (unpaired) electrons. The van der Waals surface area contributed by atoms with Crippen molar-refractivity contribution in [2.45, 2.75) is 26.1 Å². The zero-order valence-corrected chi connectivity index (χ0v) is 25.0. The molecule has 1 atom stereocenters. The Morgan fingerprint density at radius 2 is 1.68 bits per heavy atom. The molecule has 4 rings (SSSR count). The Bertz CT molecular complexity index is 1390. The average molecular weight is 620 g/mol. The van der Waals surface area contributed by atoms with Crippen LogP contribution in [0.4, 0.5) is 28.4 Å². The van der Waals surface area contributed by atoms with Crippen molar-refractivity contribution >= 4 is 23.7 Å². The first-order valence-corrected chi connectivity index (χ1v) is 14.2. The summed E-state index contributed by atoms with van der Waals surface area (Å²) >= 11 is 0. The second kappa shape index (κ2) is 13.9. The maximum atomic E-state index is 13.5. The summed E-state index contributed by atoms with van der Waals surface area (Å²) in [5, 5.41) is 5.56. The number of ether oxygens (including phenoxy) is 3. The summed E-state index contributed by atoms with van der Waals surface area (Å²) in [5.74, 6) is 0.392. The molecule has 0 spiro atoms. The van der Waals surface area contributed by atoms with Crippen LogP contribution in [0.1, 0.15) is 31.0 Å². The molecule has 1 unspecified atom stereocenters. The fourth-order valence-electron chi connectivity index (χ4n) is 5.22. The number of halogens is 3. The summed E-state index contributed by atoms with van der Waals surface area (Å²) in [4.78, 5) is 44.7. The number of amides is 4. The number of hydrogen-bond donors (Lipinski definition) is 2. The summed E-state index contributed by atoms with van der Waals surface area (Å²) in [5.41, 5.74) is 0.724. The molecule has 2 heterocycles. The van der Waals surface area contributed by atoms with Crippen molar-refractivity contribution in [3.05, 3.63) is 64.9 Å². The standard InChI is InChI=1S/C30H36F3N5O6/c1-5-38-23(18-36-13-15-37(16-14-36)28(40)34-20-9-7-19(8-10-20)30(31,32)33)25(27(39)44-6-2)26(35-29(38)41)22-17-21(42-3)11-12-24(22)43-4/h7-12,17,26H,5-6,13-16,18H2,1-4H3,(H,34,40)(H,35,41). The summed E-state index contributed by atoms with van der Waals surface area (Å²) < 4.78 is 55.0. The minimum Gasteiger partial charge on any atom is -0.497 e. The van der Waals surface area contributed by atoms with E-state index >= 15 is 0 Å². The highest BCUT2D eigenvalue weighted by Gasteiger charge is 2.40. The van der Waals surface area contributed by atoms with E-state index in [1.165, 1.54) is 31.3 Å². The van der Waals surface area contributed by atoms with Crippen molar-refractivity contribution in [2.24, 2.45) is 0 Å². The van der Waals surface area contributed by atoms with E-state index in [0.29, 0.717) is 55.5 Å². The van der Waals surface area contributed by atoms with Gasteiger partial charge < -0.3 is 29.7 Å². The number of nitrogens with zero attached hydrogens (tertiary/aromatic N) is 3. The van der Waals surface area contributed by atoms with Gasteiger partial charge in [0.25, 0.3) is 0 Å². The molecule has 0 aliphatic carbocycles. The molecule has 1 saturated heterocycles. The van der Waals surface area contributed by atoms with E-state index in [1.54, 1.807) is 36.9 Å². The quantitative estimate of drug-likeness (QED) is 0.398. The van der Waals surface area contributed by atoms with Crippen LogP contribution < -0.4 is 20.1 Å². The number of piperazine rings is 1. The molecule has 0 bridgehead atoms. The minimum absolute atomic E-state index is 0.129. The zero-order valence-electron chi connectivity index (χ0n) is 25.0. The fraction of sp³-hybridized carbons (Fsp3) is 0.433. The van der Waals surface area contributed by atoms with E-state index in [0.717, 1.165) is 12.1 Å². The second-order valence-electron chi connectivity index (χ2n) is 10.1. The first-order chi connectivity index (χ1) is 21.0. The van der Waals surface area contributed by atoms with Crippen LogP contribution in [0.25, 0.3) is 0 Å². The smallest absolute Gasteiger partial charge is 0.416 e. The molecular weight excluding hydrogens is 583 g/mol. The first kappa shape index (κ1) is 32.5. The Kier molecular flexibility index (Phi) is 10.2.